The second kappa shape index (κ2) is 5.63. The van der Waals surface area contributed by atoms with Crippen molar-refractivity contribution in [1.29, 1.82) is 0 Å². The minimum atomic E-state index is -0.244. The van der Waals surface area contributed by atoms with Gasteiger partial charge in [-0.15, -0.1) is 0 Å². The number of phenols is 1. The van der Waals surface area contributed by atoms with E-state index in [4.69, 9.17) is 11.6 Å². The smallest absolute Gasteiger partial charge is 0.255 e. The summed E-state index contributed by atoms with van der Waals surface area (Å²) in [5, 5.41) is 12.8. The lowest BCUT2D eigenvalue weighted by Gasteiger charge is -2.08. The molecule has 5 heteroatoms. The molecule has 0 fully saturated rings. The number of hydrogen-bond acceptors (Lipinski definition) is 2. The third-order valence-electron chi connectivity index (χ3n) is 2.64. The number of carbonyl (C=O) groups is 1. The van der Waals surface area contributed by atoms with Gasteiger partial charge in [0.25, 0.3) is 5.91 Å². The molecule has 0 radical (unpaired) electrons. The summed E-state index contributed by atoms with van der Waals surface area (Å²) in [6.07, 6.45) is 0. The van der Waals surface area contributed by atoms with Crippen LogP contribution in [0.4, 0.5) is 5.69 Å². The van der Waals surface area contributed by atoms with E-state index in [2.05, 4.69) is 21.2 Å². The molecule has 2 aromatic carbocycles. The molecule has 0 aromatic heterocycles. The third-order valence-corrected chi connectivity index (χ3v) is 3.53. The molecule has 0 saturated carbocycles. The minimum absolute atomic E-state index is 0.171. The predicted molar refractivity (Wildman–Crippen MR) is 79.9 cm³/mol. The lowest BCUT2D eigenvalue weighted by Crippen LogP contribution is -2.12. The van der Waals surface area contributed by atoms with Gasteiger partial charge in [0, 0.05) is 15.1 Å². The van der Waals surface area contributed by atoms with Crippen LogP contribution in [0.25, 0.3) is 0 Å². The maximum absolute atomic E-state index is 12.1. The van der Waals surface area contributed by atoms with Crippen molar-refractivity contribution in [3.05, 3.63) is 57.0 Å². The lowest BCUT2D eigenvalue weighted by molar-refractivity contribution is 0.102. The summed E-state index contributed by atoms with van der Waals surface area (Å²) in [6.45, 7) is 1.74. The topological polar surface area (TPSA) is 49.3 Å². The van der Waals surface area contributed by atoms with Crippen molar-refractivity contribution in [2.24, 2.45) is 0 Å². The van der Waals surface area contributed by atoms with Crippen molar-refractivity contribution in [3.63, 3.8) is 0 Å². The number of anilines is 1. The lowest BCUT2D eigenvalue weighted by atomic mass is 10.1. The average Bonchev–Trinajstić information content (AvgIpc) is 2.36. The molecule has 0 aliphatic carbocycles. The molecule has 0 unspecified atom stereocenters. The van der Waals surface area contributed by atoms with E-state index < -0.39 is 0 Å². The van der Waals surface area contributed by atoms with Crippen molar-refractivity contribution in [2.45, 2.75) is 6.92 Å². The molecule has 1 amide bonds. The van der Waals surface area contributed by atoms with E-state index in [0.717, 1.165) is 0 Å². The SMILES string of the molecule is Cc1cc(C(=O)Nc2ccc(Cl)cc2Br)ccc1O. The van der Waals surface area contributed by atoms with Gasteiger partial charge in [-0.05, 0) is 64.8 Å². The maximum Gasteiger partial charge on any atom is 0.255 e. The van der Waals surface area contributed by atoms with Crippen LogP contribution in [-0.2, 0) is 0 Å². The predicted octanol–water partition coefficient (Wildman–Crippen LogP) is 4.37. The van der Waals surface area contributed by atoms with Gasteiger partial charge in [0.05, 0.1) is 5.69 Å². The number of carbonyl (C=O) groups excluding carboxylic acids is 1. The first-order chi connectivity index (χ1) is 8.97. The van der Waals surface area contributed by atoms with E-state index in [0.29, 0.717) is 26.3 Å². The second-order valence-electron chi connectivity index (χ2n) is 4.08. The van der Waals surface area contributed by atoms with Crippen LogP contribution in [0, 0.1) is 6.92 Å². The van der Waals surface area contributed by atoms with Gasteiger partial charge in [0.2, 0.25) is 0 Å². The van der Waals surface area contributed by atoms with Crippen LogP contribution in [-0.4, -0.2) is 11.0 Å². The van der Waals surface area contributed by atoms with Gasteiger partial charge >= 0.3 is 0 Å². The number of halogens is 2. The Balaban J connectivity index is 2.23. The first kappa shape index (κ1) is 13.9. The molecule has 2 rings (SSSR count). The van der Waals surface area contributed by atoms with Crippen molar-refractivity contribution >= 4 is 39.1 Å². The van der Waals surface area contributed by atoms with E-state index in [9.17, 15) is 9.90 Å². The second-order valence-corrected chi connectivity index (χ2v) is 5.37. The zero-order valence-corrected chi connectivity index (χ0v) is 12.4. The molecule has 0 aliphatic rings. The minimum Gasteiger partial charge on any atom is -0.508 e. The van der Waals surface area contributed by atoms with E-state index in [1.807, 2.05) is 0 Å². The molecule has 98 valence electrons. The van der Waals surface area contributed by atoms with Gasteiger partial charge in [-0.25, -0.2) is 0 Å². The van der Waals surface area contributed by atoms with Crippen LogP contribution in [0.1, 0.15) is 15.9 Å². The van der Waals surface area contributed by atoms with Gasteiger partial charge in [-0.2, -0.15) is 0 Å². The normalized spacial score (nSPS) is 10.3. The summed E-state index contributed by atoms with van der Waals surface area (Å²) in [6, 6.07) is 9.83. The van der Waals surface area contributed by atoms with E-state index in [1.165, 1.54) is 6.07 Å². The molecule has 0 atom stereocenters. The fourth-order valence-electron chi connectivity index (χ4n) is 1.58. The standard InChI is InChI=1S/C14H11BrClNO2/c1-8-6-9(2-5-13(8)18)14(19)17-12-4-3-10(16)7-11(12)15/h2-7,18H,1H3,(H,17,19). The summed E-state index contributed by atoms with van der Waals surface area (Å²) >= 11 is 9.17. The molecule has 0 bridgehead atoms. The number of rotatable bonds is 2. The highest BCUT2D eigenvalue weighted by Crippen LogP contribution is 2.26. The first-order valence-corrected chi connectivity index (χ1v) is 6.70. The Hall–Kier alpha value is -1.52. The Morgan fingerprint density at radius 1 is 1.26 bits per heavy atom. The molecule has 2 N–H and O–H groups in total. The highest BCUT2D eigenvalue weighted by Gasteiger charge is 2.09. The summed E-state index contributed by atoms with van der Waals surface area (Å²) in [5.74, 6) is -0.0738. The molecule has 3 nitrogen and oxygen atoms in total. The Morgan fingerprint density at radius 2 is 2.00 bits per heavy atom. The van der Waals surface area contributed by atoms with Crippen molar-refractivity contribution in [2.75, 3.05) is 5.32 Å². The number of hydrogen-bond donors (Lipinski definition) is 2. The van der Waals surface area contributed by atoms with Gasteiger partial charge < -0.3 is 10.4 Å². The fraction of sp³-hybridized carbons (Fsp3) is 0.0714. The van der Waals surface area contributed by atoms with Crippen LogP contribution >= 0.6 is 27.5 Å². The molecular formula is C14H11BrClNO2. The summed E-state index contributed by atoms with van der Waals surface area (Å²) in [4.78, 5) is 12.1. The summed E-state index contributed by atoms with van der Waals surface area (Å²) in [7, 11) is 0. The Bertz CT molecular complexity index is 643. The maximum atomic E-state index is 12.1. The van der Waals surface area contributed by atoms with Crippen LogP contribution in [0.2, 0.25) is 5.02 Å². The zero-order valence-electron chi connectivity index (χ0n) is 10.1. The van der Waals surface area contributed by atoms with E-state index >= 15 is 0 Å². The number of benzene rings is 2. The Kier molecular flexibility index (Phi) is 4.12. The molecule has 0 heterocycles. The molecule has 2 aromatic rings. The molecule has 19 heavy (non-hydrogen) atoms. The first-order valence-electron chi connectivity index (χ1n) is 5.53. The average molecular weight is 341 g/mol. The Labute approximate surface area is 124 Å². The fourth-order valence-corrected chi connectivity index (χ4v) is 2.36. The number of phenolic OH excluding ortho intramolecular Hbond substituents is 1. The highest BCUT2D eigenvalue weighted by molar-refractivity contribution is 9.10. The number of aromatic hydroxyl groups is 1. The van der Waals surface area contributed by atoms with Gasteiger partial charge in [0.1, 0.15) is 5.75 Å². The number of nitrogens with one attached hydrogen (secondary N) is 1. The monoisotopic (exact) mass is 339 g/mol. The summed E-state index contributed by atoms with van der Waals surface area (Å²) in [5.41, 5.74) is 1.78. The number of aryl methyl sites for hydroxylation is 1. The molecule has 0 aliphatic heterocycles. The van der Waals surface area contributed by atoms with E-state index in [1.54, 1.807) is 37.3 Å². The molecular weight excluding hydrogens is 330 g/mol. The summed E-state index contributed by atoms with van der Waals surface area (Å²) < 4.78 is 0.712. The quantitative estimate of drug-likeness (QED) is 0.853. The van der Waals surface area contributed by atoms with E-state index in [-0.39, 0.29) is 11.7 Å². The van der Waals surface area contributed by atoms with Crippen LogP contribution < -0.4 is 5.32 Å². The van der Waals surface area contributed by atoms with Crippen LogP contribution in [0.5, 0.6) is 5.75 Å². The van der Waals surface area contributed by atoms with Crippen molar-refractivity contribution < 1.29 is 9.90 Å². The molecule has 0 spiro atoms. The van der Waals surface area contributed by atoms with Crippen LogP contribution in [0.3, 0.4) is 0 Å². The van der Waals surface area contributed by atoms with Crippen molar-refractivity contribution in [3.8, 4) is 5.75 Å². The van der Waals surface area contributed by atoms with Crippen molar-refractivity contribution in [1.82, 2.24) is 0 Å². The van der Waals surface area contributed by atoms with Gasteiger partial charge in [-0.3, -0.25) is 4.79 Å². The highest BCUT2D eigenvalue weighted by atomic mass is 79.9. The third kappa shape index (κ3) is 3.28. The van der Waals surface area contributed by atoms with Gasteiger partial charge in [-0.1, -0.05) is 11.6 Å². The largest absolute Gasteiger partial charge is 0.508 e. The van der Waals surface area contributed by atoms with Gasteiger partial charge in [0.15, 0.2) is 0 Å². The zero-order chi connectivity index (χ0) is 14.0. The Morgan fingerprint density at radius 3 is 2.63 bits per heavy atom. The van der Waals surface area contributed by atoms with Crippen LogP contribution in [0.15, 0.2) is 40.9 Å². The number of amides is 1. The molecule has 0 saturated heterocycles.